The highest BCUT2D eigenvalue weighted by molar-refractivity contribution is 9.10. The van der Waals surface area contributed by atoms with Crippen LogP contribution in [0, 0.1) is 17.8 Å². The van der Waals surface area contributed by atoms with Crippen LogP contribution in [0.4, 0.5) is 5.82 Å². The summed E-state index contributed by atoms with van der Waals surface area (Å²) >= 11 is 9.32. The molecule has 0 aromatic carbocycles. The maximum absolute atomic E-state index is 12.4. The number of aromatic nitrogens is 2. The maximum atomic E-state index is 12.4. The van der Waals surface area contributed by atoms with E-state index in [1.807, 2.05) is 6.92 Å². The number of esters is 1. The van der Waals surface area contributed by atoms with Crippen LogP contribution in [0.25, 0.3) is 0 Å². The molecule has 1 aromatic heterocycles. The molecule has 3 aliphatic carbocycles. The number of halogens is 2. The summed E-state index contributed by atoms with van der Waals surface area (Å²) in [6.07, 6.45) is 6.14. The van der Waals surface area contributed by atoms with Crippen molar-refractivity contribution in [1.29, 1.82) is 0 Å². The summed E-state index contributed by atoms with van der Waals surface area (Å²) in [4.78, 5) is 20.6. The number of hydrogen-bond acceptors (Lipinski definition) is 5. The van der Waals surface area contributed by atoms with Gasteiger partial charge in [0.1, 0.15) is 5.82 Å². The molecule has 7 heteroatoms. The molecule has 3 saturated carbocycles. The minimum Gasteiger partial charge on any atom is -0.466 e. The molecule has 120 valence electrons. The van der Waals surface area contributed by atoms with Gasteiger partial charge in [-0.2, -0.15) is 4.98 Å². The zero-order valence-corrected chi connectivity index (χ0v) is 14.7. The second-order valence-corrected chi connectivity index (χ2v) is 7.15. The van der Waals surface area contributed by atoms with E-state index in [1.165, 1.54) is 0 Å². The first-order chi connectivity index (χ1) is 10.6. The number of ether oxygens (including phenoxy) is 1. The fourth-order valence-corrected chi connectivity index (χ4v) is 4.28. The quantitative estimate of drug-likeness (QED) is 0.630. The number of nitrogens with zero attached hydrogens (tertiary/aromatic N) is 2. The van der Waals surface area contributed by atoms with E-state index in [0.717, 1.165) is 30.2 Å². The molecule has 5 nitrogen and oxygen atoms in total. The van der Waals surface area contributed by atoms with Crippen LogP contribution in [0.15, 0.2) is 10.7 Å². The van der Waals surface area contributed by atoms with Gasteiger partial charge < -0.3 is 10.1 Å². The first kappa shape index (κ1) is 16.0. The van der Waals surface area contributed by atoms with Gasteiger partial charge in [-0.05, 0) is 72.0 Å². The van der Waals surface area contributed by atoms with E-state index in [4.69, 9.17) is 16.3 Å². The molecule has 0 saturated heterocycles. The Hall–Kier alpha value is -0.880. The number of fused-ring (bicyclic) bond motifs is 3. The molecule has 0 spiro atoms. The van der Waals surface area contributed by atoms with Crippen molar-refractivity contribution in [2.24, 2.45) is 17.8 Å². The fraction of sp³-hybridized carbons (Fsp3) is 0.667. The van der Waals surface area contributed by atoms with Gasteiger partial charge in [0.25, 0.3) is 0 Å². The van der Waals surface area contributed by atoms with Crippen molar-refractivity contribution in [2.75, 3.05) is 11.9 Å². The standard InChI is InChI=1S/C15H19BrClN3O2/c1-2-22-14(21)11-8-3-5-9(6-4-8)12(11)19-13-10(16)7-18-15(17)20-13/h7-9,11-12H,2-6H2,1H3,(H,18,19,20)/t8?,9?,11-,12-/m0/s1. The van der Waals surface area contributed by atoms with Crippen molar-refractivity contribution in [3.63, 3.8) is 0 Å². The maximum Gasteiger partial charge on any atom is 0.311 e. The van der Waals surface area contributed by atoms with Crippen LogP contribution < -0.4 is 5.32 Å². The molecule has 3 aliphatic rings. The van der Waals surface area contributed by atoms with E-state index in [1.54, 1.807) is 6.20 Å². The van der Waals surface area contributed by atoms with Crippen LogP contribution in [0.2, 0.25) is 5.28 Å². The zero-order valence-electron chi connectivity index (χ0n) is 12.4. The summed E-state index contributed by atoms with van der Waals surface area (Å²) in [5.41, 5.74) is 0. The van der Waals surface area contributed by atoms with Gasteiger partial charge in [0.15, 0.2) is 0 Å². The average Bonchev–Trinajstić information content (AvgIpc) is 2.52. The van der Waals surface area contributed by atoms with Gasteiger partial charge in [-0.1, -0.05) is 0 Å². The zero-order chi connectivity index (χ0) is 15.7. The Kier molecular flexibility index (Phi) is 4.88. The van der Waals surface area contributed by atoms with E-state index in [0.29, 0.717) is 24.3 Å². The van der Waals surface area contributed by atoms with Crippen molar-refractivity contribution in [2.45, 2.75) is 38.6 Å². The molecule has 0 radical (unpaired) electrons. The Bertz CT molecular complexity index is 564. The summed E-state index contributed by atoms with van der Waals surface area (Å²) < 4.78 is 6.06. The highest BCUT2D eigenvalue weighted by Crippen LogP contribution is 2.47. The predicted molar refractivity (Wildman–Crippen MR) is 87.7 cm³/mol. The van der Waals surface area contributed by atoms with E-state index >= 15 is 0 Å². The lowest BCUT2D eigenvalue weighted by molar-refractivity contribution is -0.154. The van der Waals surface area contributed by atoms with E-state index in [2.05, 4.69) is 31.2 Å². The molecule has 0 aliphatic heterocycles. The van der Waals surface area contributed by atoms with E-state index in [-0.39, 0.29) is 23.2 Å². The van der Waals surface area contributed by atoms with Crippen molar-refractivity contribution >= 4 is 39.3 Å². The summed E-state index contributed by atoms with van der Waals surface area (Å²) in [5.74, 6) is 1.32. The predicted octanol–water partition coefficient (Wildman–Crippen LogP) is 3.67. The third kappa shape index (κ3) is 3.08. The Morgan fingerprint density at radius 2 is 2.09 bits per heavy atom. The number of anilines is 1. The van der Waals surface area contributed by atoms with Gasteiger partial charge >= 0.3 is 5.97 Å². The molecule has 2 bridgehead atoms. The Labute approximate surface area is 143 Å². The highest BCUT2D eigenvalue weighted by atomic mass is 79.9. The van der Waals surface area contributed by atoms with Gasteiger partial charge in [-0.25, -0.2) is 4.98 Å². The molecule has 3 fully saturated rings. The van der Waals surface area contributed by atoms with E-state index < -0.39 is 0 Å². The van der Waals surface area contributed by atoms with Crippen LogP contribution >= 0.6 is 27.5 Å². The molecule has 2 atom stereocenters. The average molecular weight is 389 g/mol. The van der Waals surface area contributed by atoms with Crippen molar-refractivity contribution in [3.8, 4) is 0 Å². The fourth-order valence-electron chi connectivity index (χ4n) is 3.84. The second-order valence-electron chi connectivity index (χ2n) is 5.96. The van der Waals surface area contributed by atoms with Gasteiger partial charge in [0.05, 0.1) is 17.0 Å². The van der Waals surface area contributed by atoms with Gasteiger partial charge in [-0.3, -0.25) is 4.79 Å². The normalized spacial score (nSPS) is 30.1. The molecule has 1 heterocycles. The summed E-state index contributed by atoms with van der Waals surface area (Å²) in [7, 11) is 0. The van der Waals surface area contributed by atoms with Gasteiger partial charge in [-0.15, -0.1) is 0 Å². The molecule has 22 heavy (non-hydrogen) atoms. The van der Waals surface area contributed by atoms with Crippen LogP contribution in [0.5, 0.6) is 0 Å². The lowest BCUT2D eigenvalue weighted by Gasteiger charge is -2.47. The Morgan fingerprint density at radius 1 is 1.41 bits per heavy atom. The van der Waals surface area contributed by atoms with Crippen LogP contribution in [0.1, 0.15) is 32.6 Å². The van der Waals surface area contributed by atoms with Crippen molar-refractivity contribution in [1.82, 2.24) is 9.97 Å². The first-order valence-corrected chi connectivity index (χ1v) is 8.88. The third-order valence-corrected chi connectivity index (χ3v) is 5.56. The van der Waals surface area contributed by atoms with Crippen LogP contribution in [0.3, 0.4) is 0 Å². The number of carbonyl (C=O) groups excluding carboxylic acids is 1. The minimum absolute atomic E-state index is 0.0498. The van der Waals surface area contributed by atoms with Crippen molar-refractivity contribution in [3.05, 3.63) is 16.0 Å². The smallest absolute Gasteiger partial charge is 0.311 e. The highest BCUT2D eigenvalue weighted by Gasteiger charge is 2.48. The molecular weight excluding hydrogens is 370 g/mol. The van der Waals surface area contributed by atoms with Crippen LogP contribution in [-0.4, -0.2) is 28.6 Å². The molecule has 1 aromatic rings. The molecule has 4 rings (SSSR count). The minimum atomic E-state index is -0.104. The van der Waals surface area contributed by atoms with Crippen LogP contribution in [-0.2, 0) is 9.53 Å². The second kappa shape index (κ2) is 6.71. The first-order valence-electron chi connectivity index (χ1n) is 7.71. The number of carbonyl (C=O) groups is 1. The Morgan fingerprint density at radius 3 is 2.77 bits per heavy atom. The SMILES string of the molecule is CCOC(=O)[C@H]1C2CCC(CC2)[C@@H]1Nc1nc(Cl)ncc1Br. The summed E-state index contributed by atoms with van der Waals surface area (Å²) in [6, 6.07) is 0.0498. The number of hydrogen-bond donors (Lipinski definition) is 1. The number of nitrogens with one attached hydrogen (secondary N) is 1. The Balaban J connectivity index is 1.85. The largest absolute Gasteiger partial charge is 0.466 e. The monoisotopic (exact) mass is 387 g/mol. The lowest BCUT2D eigenvalue weighted by atomic mass is 9.61. The topological polar surface area (TPSA) is 64.1 Å². The molecule has 0 amide bonds. The van der Waals surface area contributed by atoms with Crippen molar-refractivity contribution < 1.29 is 9.53 Å². The number of rotatable bonds is 4. The van der Waals surface area contributed by atoms with Gasteiger partial charge in [0.2, 0.25) is 5.28 Å². The summed E-state index contributed by atoms with van der Waals surface area (Å²) in [5, 5.41) is 3.62. The third-order valence-electron chi connectivity index (χ3n) is 4.80. The molecular formula is C15H19BrClN3O2. The van der Waals surface area contributed by atoms with Gasteiger partial charge in [0, 0.05) is 12.2 Å². The lowest BCUT2D eigenvalue weighted by Crippen LogP contribution is -2.52. The molecule has 1 N–H and O–H groups in total. The molecule has 0 unspecified atom stereocenters. The van der Waals surface area contributed by atoms with E-state index in [9.17, 15) is 4.79 Å². The summed E-state index contributed by atoms with van der Waals surface area (Å²) in [6.45, 7) is 2.27.